The van der Waals surface area contributed by atoms with Crippen molar-refractivity contribution in [2.24, 2.45) is 0 Å². The molecule has 1 aromatic rings. The number of carbonyl (C=O) groups excluding carboxylic acids is 1. The van der Waals surface area contributed by atoms with Crippen molar-refractivity contribution in [2.75, 3.05) is 39.6 Å². The molecule has 1 aliphatic heterocycles. The minimum absolute atomic E-state index is 0. The highest BCUT2D eigenvalue weighted by atomic mass is 35.5. The van der Waals surface area contributed by atoms with Crippen molar-refractivity contribution in [1.82, 2.24) is 10.2 Å². The van der Waals surface area contributed by atoms with Crippen LogP contribution < -0.4 is 15.8 Å². The fourth-order valence-electron chi connectivity index (χ4n) is 2.96. The Bertz CT molecular complexity index is 665. The lowest BCUT2D eigenvalue weighted by Gasteiger charge is -2.37. The van der Waals surface area contributed by atoms with Crippen LogP contribution in [0.25, 0.3) is 0 Å². The third kappa shape index (κ3) is 5.22. The van der Waals surface area contributed by atoms with Gasteiger partial charge in [0.1, 0.15) is 5.75 Å². The second-order valence-corrected chi connectivity index (χ2v) is 6.33. The van der Waals surface area contributed by atoms with Gasteiger partial charge in [0, 0.05) is 39.2 Å². The Kier molecular flexibility index (Phi) is 8.61. The fraction of sp³-hybridized carbons (Fsp3) is 0.529. The van der Waals surface area contributed by atoms with Crippen LogP contribution in [0.5, 0.6) is 5.75 Å². The van der Waals surface area contributed by atoms with E-state index < -0.39 is 0 Å². The van der Waals surface area contributed by atoms with Gasteiger partial charge in [-0.05, 0) is 12.5 Å². The topological polar surface area (TPSA) is 132 Å². The second-order valence-electron chi connectivity index (χ2n) is 5.93. The molecule has 8 nitrogen and oxygen atoms in total. The molecular formula is C17H25ClN4O4. The first-order valence-electron chi connectivity index (χ1n) is 8.06. The molecule has 1 saturated heterocycles. The highest BCUT2D eigenvalue weighted by Gasteiger charge is 2.31. The van der Waals surface area contributed by atoms with E-state index in [1.807, 2.05) is 0 Å². The van der Waals surface area contributed by atoms with Crippen molar-refractivity contribution in [3.63, 3.8) is 0 Å². The van der Waals surface area contributed by atoms with Gasteiger partial charge in [0.05, 0.1) is 41.6 Å². The van der Waals surface area contributed by atoms with Gasteiger partial charge in [-0.3, -0.25) is 9.69 Å². The fourth-order valence-corrected chi connectivity index (χ4v) is 3.12. The molecule has 9 heteroatoms. The Hall–Kier alpha value is -2.05. The summed E-state index contributed by atoms with van der Waals surface area (Å²) in [6.45, 7) is 2.17. The number of nitriles is 1. The van der Waals surface area contributed by atoms with Crippen LogP contribution in [0.15, 0.2) is 12.1 Å². The molecule has 0 aromatic heterocycles. The molecule has 1 heterocycles. The summed E-state index contributed by atoms with van der Waals surface area (Å²) in [6, 6.07) is 5.06. The number of anilines is 1. The quantitative estimate of drug-likeness (QED) is 0.698. The number of amides is 1. The van der Waals surface area contributed by atoms with Gasteiger partial charge >= 0.3 is 0 Å². The third-order valence-corrected chi connectivity index (χ3v) is 4.69. The van der Waals surface area contributed by atoms with Gasteiger partial charge in [-0.1, -0.05) is 11.6 Å². The van der Waals surface area contributed by atoms with Crippen molar-refractivity contribution < 1.29 is 19.7 Å². The van der Waals surface area contributed by atoms with Crippen LogP contribution in [-0.4, -0.2) is 62.3 Å². The summed E-state index contributed by atoms with van der Waals surface area (Å²) in [4.78, 5) is 14.8. The number of hydrogen-bond donors (Lipinski definition) is 2. The van der Waals surface area contributed by atoms with E-state index in [0.29, 0.717) is 41.5 Å². The Morgan fingerprint density at radius 1 is 1.50 bits per heavy atom. The van der Waals surface area contributed by atoms with Gasteiger partial charge < -0.3 is 26.0 Å². The summed E-state index contributed by atoms with van der Waals surface area (Å²) in [6.07, 6.45) is 1.07. The first-order chi connectivity index (χ1) is 12.0. The molecule has 5 N–H and O–H groups in total. The lowest BCUT2D eigenvalue weighted by molar-refractivity contribution is 0.00705. The lowest BCUT2D eigenvalue weighted by Crippen LogP contribution is -2.54. The van der Waals surface area contributed by atoms with Crippen LogP contribution in [0, 0.1) is 11.3 Å². The van der Waals surface area contributed by atoms with Gasteiger partial charge in [-0.25, -0.2) is 0 Å². The first kappa shape index (κ1) is 22.0. The summed E-state index contributed by atoms with van der Waals surface area (Å²) in [5.74, 6) is 0.0936. The van der Waals surface area contributed by atoms with E-state index in [-0.39, 0.29) is 23.5 Å². The van der Waals surface area contributed by atoms with E-state index in [0.717, 1.165) is 13.0 Å². The zero-order valence-electron chi connectivity index (χ0n) is 14.9. The van der Waals surface area contributed by atoms with Crippen LogP contribution in [-0.2, 0) is 4.74 Å². The number of halogens is 1. The van der Waals surface area contributed by atoms with E-state index in [4.69, 9.17) is 32.1 Å². The van der Waals surface area contributed by atoms with E-state index >= 15 is 0 Å². The number of benzene rings is 1. The standard InChI is InChI=1S/C17H23ClN4O3.H2O/c1-24-15-9-13(20)12(18)8-11(15)17(23)21-14-4-7-22(6-3-5-19)10-16(14)25-2;/h8-9,14,16H,3-4,6-7,10,20H2,1-2H3,(H,21,23);1H2. The van der Waals surface area contributed by atoms with Gasteiger partial charge in [0.15, 0.2) is 0 Å². The molecule has 0 aliphatic carbocycles. The van der Waals surface area contributed by atoms with Gasteiger partial charge in [-0.2, -0.15) is 5.26 Å². The zero-order valence-corrected chi connectivity index (χ0v) is 15.7. The van der Waals surface area contributed by atoms with Crippen LogP contribution in [0.3, 0.4) is 0 Å². The van der Waals surface area contributed by atoms with Crippen molar-refractivity contribution in [2.45, 2.75) is 25.0 Å². The summed E-state index contributed by atoms with van der Waals surface area (Å²) < 4.78 is 10.8. The number of piperidine rings is 1. The highest BCUT2D eigenvalue weighted by Crippen LogP contribution is 2.29. The van der Waals surface area contributed by atoms with Gasteiger partial charge in [0.2, 0.25) is 0 Å². The first-order valence-corrected chi connectivity index (χ1v) is 8.44. The largest absolute Gasteiger partial charge is 0.496 e. The Balaban J connectivity index is 0.00000338. The van der Waals surface area contributed by atoms with Crippen molar-refractivity contribution in [3.05, 3.63) is 22.7 Å². The maximum Gasteiger partial charge on any atom is 0.255 e. The van der Waals surface area contributed by atoms with Crippen LogP contribution >= 0.6 is 11.6 Å². The normalized spacial score (nSPS) is 19.9. The predicted molar refractivity (Wildman–Crippen MR) is 99.4 cm³/mol. The number of likely N-dealkylation sites (tertiary alicyclic amines) is 1. The minimum Gasteiger partial charge on any atom is -0.496 e. The molecule has 144 valence electrons. The van der Waals surface area contributed by atoms with E-state index in [2.05, 4.69) is 16.3 Å². The van der Waals surface area contributed by atoms with Gasteiger partial charge in [0.25, 0.3) is 5.91 Å². The number of nitrogen functional groups attached to an aromatic ring is 1. The average Bonchev–Trinajstić information content (AvgIpc) is 2.62. The molecule has 1 aliphatic rings. The van der Waals surface area contributed by atoms with E-state index in [1.165, 1.54) is 19.2 Å². The lowest BCUT2D eigenvalue weighted by atomic mass is 10.0. The maximum absolute atomic E-state index is 12.7. The van der Waals surface area contributed by atoms with E-state index in [9.17, 15) is 4.79 Å². The average molecular weight is 385 g/mol. The van der Waals surface area contributed by atoms with Crippen molar-refractivity contribution >= 4 is 23.2 Å². The van der Waals surface area contributed by atoms with Crippen LogP contribution in [0.4, 0.5) is 5.69 Å². The molecule has 1 fully saturated rings. The molecule has 0 spiro atoms. The number of carbonyl (C=O) groups is 1. The number of ether oxygens (including phenoxy) is 2. The maximum atomic E-state index is 12.7. The monoisotopic (exact) mass is 384 g/mol. The van der Waals surface area contributed by atoms with Crippen LogP contribution in [0.2, 0.25) is 5.02 Å². The zero-order chi connectivity index (χ0) is 18.4. The number of methoxy groups -OCH3 is 2. The second kappa shape index (κ2) is 10.2. The third-order valence-electron chi connectivity index (χ3n) is 4.37. The van der Waals surface area contributed by atoms with Crippen molar-refractivity contribution in [1.29, 1.82) is 5.26 Å². The summed E-state index contributed by atoms with van der Waals surface area (Å²) in [5.41, 5.74) is 6.45. The number of hydrogen-bond acceptors (Lipinski definition) is 6. The molecule has 0 radical (unpaired) electrons. The number of rotatable bonds is 6. The molecule has 0 saturated carbocycles. The van der Waals surface area contributed by atoms with E-state index in [1.54, 1.807) is 7.11 Å². The summed E-state index contributed by atoms with van der Waals surface area (Å²) in [5, 5.41) is 12.0. The predicted octanol–water partition coefficient (Wildman–Crippen LogP) is 0.839. The Morgan fingerprint density at radius 3 is 2.85 bits per heavy atom. The van der Waals surface area contributed by atoms with Crippen molar-refractivity contribution in [3.8, 4) is 11.8 Å². The highest BCUT2D eigenvalue weighted by molar-refractivity contribution is 6.33. The number of nitrogens with zero attached hydrogens (tertiary/aromatic N) is 2. The smallest absolute Gasteiger partial charge is 0.255 e. The molecule has 2 atom stereocenters. The molecule has 26 heavy (non-hydrogen) atoms. The molecule has 0 bridgehead atoms. The van der Waals surface area contributed by atoms with Gasteiger partial charge in [-0.15, -0.1) is 0 Å². The Morgan fingerprint density at radius 2 is 2.23 bits per heavy atom. The van der Waals surface area contributed by atoms with Crippen LogP contribution in [0.1, 0.15) is 23.2 Å². The number of nitrogens with one attached hydrogen (secondary N) is 1. The molecule has 2 rings (SSSR count). The SMILES string of the molecule is COc1cc(N)c(Cl)cc1C(=O)NC1CCN(CCC#N)CC1OC.O. The molecular weight excluding hydrogens is 360 g/mol. The molecule has 1 amide bonds. The summed E-state index contributed by atoms with van der Waals surface area (Å²) in [7, 11) is 3.10. The molecule has 2 unspecified atom stereocenters. The molecule has 1 aromatic carbocycles. The minimum atomic E-state index is -0.281. The number of nitrogens with two attached hydrogens (primary N) is 1. The summed E-state index contributed by atoms with van der Waals surface area (Å²) >= 11 is 6.03. The Labute approximate surface area is 158 Å².